The number of aromatic nitrogens is 1. The molecular weight excluding hydrogens is 288 g/mol. The van der Waals surface area contributed by atoms with Crippen molar-refractivity contribution in [1.82, 2.24) is 9.69 Å². The number of nitrogens with zero attached hydrogens (tertiary/aromatic N) is 1. The van der Waals surface area contributed by atoms with E-state index in [2.05, 4.69) is 9.69 Å². The molecule has 2 aromatic rings. The topological polar surface area (TPSA) is 79.3 Å². The zero-order valence-corrected chi connectivity index (χ0v) is 12.6. The highest BCUT2D eigenvalue weighted by molar-refractivity contribution is 7.03. The van der Waals surface area contributed by atoms with Crippen LogP contribution in [0.1, 0.15) is 34.6 Å². The fourth-order valence-electron chi connectivity index (χ4n) is 2.03. The number of amides is 1. The van der Waals surface area contributed by atoms with Crippen molar-refractivity contribution in [3.8, 4) is 0 Å². The number of nitrogens with one attached hydrogen (secondary N) is 1. The molecule has 2 unspecified atom stereocenters. The summed E-state index contributed by atoms with van der Waals surface area (Å²) in [5.41, 5.74) is 1.90. The normalized spacial score (nSPS) is 13.4. The highest BCUT2D eigenvalue weighted by Crippen LogP contribution is 2.23. The van der Waals surface area contributed by atoms with Crippen LogP contribution in [0, 0.1) is 12.8 Å². The van der Waals surface area contributed by atoms with Crippen molar-refractivity contribution in [2.75, 3.05) is 0 Å². The maximum absolute atomic E-state index is 12.3. The smallest absolute Gasteiger partial charge is 0.308 e. The number of carboxylic acid groups (broad SMARTS) is 1. The van der Waals surface area contributed by atoms with Gasteiger partial charge in [0.15, 0.2) is 0 Å². The Morgan fingerprint density at radius 2 is 1.95 bits per heavy atom. The summed E-state index contributed by atoms with van der Waals surface area (Å²) in [6.07, 6.45) is 0. The summed E-state index contributed by atoms with van der Waals surface area (Å²) in [6.45, 7) is 3.34. The van der Waals surface area contributed by atoms with E-state index in [4.69, 9.17) is 0 Å². The lowest BCUT2D eigenvalue weighted by Gasteiger charge is -2.22. The van der Waals surface area contributed by atoms with E-state index in [1.165, 1.54) is 11.5 Å². The maximum Gasteiger partial charge on any atom is 0.308 e. The first-order valence-corrected chi connectivity index (χ1v) is 7.34. The van der Waals surface area contributed by atoms with Crippen LogP contribution in [0.2, 0.25) is 0 Å². The van der Waals surface area contributed by atoms with Crippen LogP contribution in [0.3, 0.4) is 0 Å². The third-order valence-corrected chi connectivity index (χ3v) is 4.05. The minimum absolute atomic E-state index is 0.303. The molecule has 6 heteroatoms. The molecule has 2 rings (SSSR count). The summed E-state index contributed by atoms with van der Waals surface area (Å²) >= 11 is 1.20. The predicted octanol–water partition coefficient (Wildman–Crippen LogP) is 2.64. The van der Waals surface area contributed by atoms with Crippen molar-refractivity contribution in [1.29, 1.82) is 0 Å². The van der Waals surface area contributed by atoms with Gasteiger partial charge in [-0.25, -0.2) is 0 Å². The van der Waals surface area contributed by atoms with Gasteiger partial charge in [0, 0.05) is 5.38 Å². The van der Waals surface area contributed by atoms with Gasteiger partial charge >= 0.3 is 5.97 Å². The second kappa shape index (κ2) is 6.49. The summed E-state index contributed by atoms with van der Waals surface area (Å²) in [6, 6.07) is 8.52. The number of benzene rings is 1. The van der Waals surface area contributed by atoms with Gasteiger partial charge in [-0.05, 0) is 30.9 Å². The Balaban J connectivity index is 2.27. The largest absolute Gasteiger partial charge is 0.481 e. The van der Waals surface area contributed by atoms with Crippen molar-refractivity contribution in [3.05, 3.63) is 52.5 Å². The highest BCUT2D eigenvalue weighted by atomic mass is 32.1. The van der Waals surface area contributed by atoms with E-state index in [-0.39, 0.29) is 5.91 Å². The van der Waals surface area contributed by atoms with E-state index in [0.717, 1.165) is 5.56 Å². The van der Waals surface area contributed by atoms with Gasteiger partial charge in [0.05, 0.1) is 23.2 Å². The molecule has 5 nitrogen and oxygen atoms in total. The van der Waals surface area contributed by atoms with Gasteiger partial charge in [-0.1, -0.05) is 30.3 Å². The Morgan fingerprint density at radius 3 is 2.48 bits per heavy atom. The molecule has 2 atom stereocenters. The lowest BCUT2D eigenvalue weighted by Crippen LogP contribution is -2.35. The van der Waals surface area contributed by atoms with Crippen LogP contribution in [0.5, 0.6) is 0 Å². The molecule has 1 amide bonds. The summed E-state index contributed by atoms with van der Waals surface area (Å²) in [4.78, 5) is 23.6. The van der Waals surface area contributed by atoms with Gasteiger partial charge < -0.3 is 10.4 Å². The zero-order chi connectivity index (χ0) is 15.4. The van der Waals surface area contributed by atoms with E-state index in [1.54, 1.807) is 19.2 Å². The predicted molar refractivity (Wildman–Crippen MR) is 80.3 cm³/mol. The quantitative estimate of drug-likeness (QED) is 0.890. The van der Waals surface area contributed by atoms with Crippen LogP contribution in [0.4, 0.5) is 0 Å². The molecule has 0 spiro atoms. The van der Waals surface area contributed by atoms with Gasteiger partial charge in [-0.3, -0.25) is 9.59 Å². The molecule has 0 saturated heterocycles. The molecule has 0 radical (unpaired) electrons. The van der Waals surface area contributed by atoms with Gasteiger partial charge in [0.1, 0.15) is 0 Å². The minimum Gasteiger partial charge on any atom is -0.481 e. The van der Waals surface area contributed by atoms with Crippen LogP contribution < -0.4 is 5.32 Å². The van der Waals surface area contributed by atoms with Gasteiger partial charge in [0.2, 0.25) is 0 Å². The molecule has 0 fully saturated rings. The number of carbonyl (C=O) groups excluding carboxylic acids is 1. The standard InChI is InChI=1S/C15H16N2O3S/c1-9(15(19)20)13(11-6-4-3-5-7-11)16-14(18)12-8-21-17-10(12)2/h3-9,13H,1-2H3,(H,16,18)(H,19,20). The van der Waals surface area contributed by atoms with Crippen molar-refractivity contribution >= 4 is 23.4 Å². The zero-order valence-electron chi connectivity index (χ0n) is 11.7. The maximum atomic E-state index is 12.3. The Morgan fingerprint density at radius 1 is 1.29 bits per heavy atom. The first-order chi connectivity index (χ1) is 10.0. The van der Waals surface area contributed by atoms with Crippen molar-refractivity contribution < 1.29 is 14.7 Å². The van der Waals surface area contributed by atoms with Gasteiger partial charge in [-0.2, -0.15) is 4.37 Å². The molecule has 1 heterocycles. The van der Waals surface area contributed by atoms with Crippen molar-refractivity contribution in [2.45, 2.75) is 19.9 Å². The molecule has 0 aliphatic heterocycles. The number of hydrogen-bond acceptors (Lipinski definition) is 4. The third-order valence-electron chi connectivity index (χ3n) is 3.33. The molecule has 2 N–H and O–H groups in total. The van der Waals surface area contributed by atoms with Crippen molar-refractivity contribution in [2.24, 2.45) is 5.92 Å². The molecule has 0 aliphatic rings. The van der Waals surface area contributed by atoms with Gasteiger partial charge in [-0.15, -0.1) is 0 Å². The average Bonchev–Trinajstić information content (AvgIpc) is 2.91. The van der Waals surface area contributed by atoms with Crippen molar-refractivity contribution in [3.63, 3.8) is 0 Å². The first kappa shape index (κ1) is 15.2. The fraction of sp³-hybridized carbons (Fsp3) is 0.267. The molecule has 0 aliphatic carbocycles. The lowest BCUT2D eigenvalue weighted by molar-refractivity contribution is -0.142. The van der Waals surface area contributed by atoms with E-state index in [1.807, 2.05) is 30.3 Å². The van der Waals surface area contributed by atoms with Crippen LogP contribution in [-0.2, 0) is 4.79 Å². The molecule has 0 bridgehead atoms. The van der Waals surface area contributed by atoms with E-state index in [9.17, 15) is 14.7 Å². The average molecular weight is 304 g/mol. The molecule has 1 aromatic carbocycles. The minimum atomic E-state index is -0.954. The Bertz CT molecular complexity index is 639. The van der Waals surface area contributed by atoms with Gasteiger partial charge in [0.25, 0.3) is 5.91 Å². The van der Waals surface area contributed by atoms with Crippen LogP contribution in [0.15, 0.2) is 35.7 Å². The molecule has 1 aromatic heterocycles. The third kappa shape index (κ3) is 3.46. The molecule has 110 valence electrons. The summed E-state index contributed by atoms with van der Waals surface area (Å²) in [7, 11) is 0. The van der Waals surface area contributed by atoms with Crippen LogP contribution >= 0.6 is 11.5 Å². The molecule has 0 saturated carbocycles. The monoisotopic (exact) mass is 304 g/mol. The number of aliphatic carboxylic acids is 1. The SMILES string of the molecule is Cc1nscc1C(=O)NC(c1ccccc1)C(C)C(=O)O. The Kier molecular flexibility index (Phi) is 4.70. The molecular formula is C15H16N2O3S. The summed E-state index contributed by atoms with van der Waals surface area (Å²) in [5, 5.41) is 13.7. The molecule has 21 heavy (non-hydrogen) atoms. The number of aryl methyl sites for hydroxylation is 1. The fourth-order valence-corrected chi connectivity index (χ4v) is 2.72. The first-order valence-electron chi connectivity index (χ1n) is 6.50. The van der Waals surface area contributed by atoms with E-state index < -0.39 is 17.9 Å². The number of rotatable bonds is 5. The van der Waals surface area contributed by atoms with Crippen LogP contribution in [0.25, 0.3) is 0 Å². The lowest BCUT2D eigenvalue weighted by atomic mass is 9.94. The highest BCUT2D eigenvalue weighted by Gasteiger charge is 2.27. The van der Waals surface area contributed by atoms with Crippen LogP contribution in [-0.4, -0.2) is 21.4 Å². The Labute approximate surface area is 126 Å². The number of carboxylic acids is 1. The number of carbonyl (C=O) groups is 2. The summed E-state index contributed by atoms with van der Waals surface area (Å²) in [5.74, 6) is -1.99. The van der Waals surface area contributed by atoms with E-state index in [0.29, 0.717) is 11.3 Å². The second-order valence-corrected chi connectivity index (χ2v) is 5.43. The summed E-state index contributed by atoms with van der Waals surface area (Å²) < 4.78 is 4.06. The Hall–Kier alpha value is -2.21. The second-order valence-electron chi connectivity index (χ2n) is 4.80. The van der Waals surface area contributed by atoms with E-state index >= 15 is 0 Å². The number of hydrogen-bond donors (Lipinski definition) is 2.